The summed E-state index contributed by atoms with van der Waals surface area (Å²) in [5.41, 5.74) is 2.54. The van der Waals surface area contributed by atoms with Crippen molar-refractivity contribution in [3.8, 4) is 11.8 Å². The van der Waals surface area contributed by atoms with Crippen molar-refractivity contribution < 1.29 is 14.6 Å². The Labute approximate surface area is 128 Å². The zero-order valence-electron chi connectivity index (χ0n) is 12.1. The number of nitriles is 1. The van der Waals surface area contributed by atoms with Gasteiger partial charge in [-0.3, -0.25) is 0 Å². The number of hydrogen-bond acceptors (Lipinski definition) is 3. The highest BCUT2D eigenvalue weighted by molar-refractivity contribution is 5.96. The summed E-state index contributed by atoms with van der Waals surface area (Å²) < 4.78 is 5.69. The molecule has 0 aliphatic rings. The number of nitrogens with zero attached hydrogens (tertiary/aromatic N) is 1. The number of carboxylic acids is 1. The van der Waals surface area contributed by atoms with Crippen LogP contribution in [0.15, 0.2) is 54.1 Å². The zero-order chi connectivity index (χ0) is 15.9. The summed E-state index contributed by atoms with van der Waals surface area (Å²) in [6.07, 6.45) is 1.32. The van der Waals surface area contributed by atoms with Gasteiger partial charge < -0.3 is 9.84 Å². The molecule has 2 aromatic carbocycles. The minimum Gasteiger partial charge on any atom is -0.489 e. The molecule has 0 fully saturated rings. The van der Waals surface area contributed by atoms with Gasteiger partial charge in [-0.25, -0.2) is 4.79 Å². The lowest BCUT2D eigenvalue weighted by Gasteiger charge is -2.07. The number of rotatable bonds is 5. The maximum atomic E-state index is 10.8. The molecule has 2 rings (SSSR count). The number of benzene rings is 2. The quantitative estimate of drug-likeness (QED) is 0.676. The highest BCUT2D eigenvalue weighted by atomic mass is 16.5. The molecule has 0 amide bonds. The number of carboxylic acid groups (broad SMARTS) is 1. The fourth-order valence-electron chi connectivity index (χ4n) is 1.85. The number of hydrogen-bond donors (Lipinski definition) is 1. The summed E-state index contributed by atoms with van der Waals surface area (Å²) in [4.78, 5) is 10.8. The van der Waals surface area contributed by atoms with Crippen molar-refractivity contribution in [2.45, 2.75) is 13.5 Å². The van der Waals surface area contributed by atoms with Gasteiger partial charge in [-0.1, -0.05) is 42.0 Å². The van der Waals surface area contributed by atoms with E-state index in [0.717, 1.165) is 5.56 Å². The first-order valence-corrected chi connectivity index (χ1v) is 6.72. The van der Waals surface area contributed by atoms with Crippen LogP contribution in [0.3, 0.4) is 0 Å². The first-order valence-electron chi connectivity index (χ1n) is 6.72. The third kappa shape index (κ3) is 4.22. The molecule has 1 N–H and O–H groups in total. The monoisotopic (exact) mass is 293 g/mol. The first kappa shape index (κ1) is 15.3. The Kier molecular flexibility index (Phi) is 4.94. The number of ether oxygens (including phenoxy) is 1. The summed E-state index contributed by atoms with van der Waals surface area (Å²) in [6, 6.07) is 16.7. The lowest BCUT2D eigenvalue weighted by atomic mass is 10.1. The van der Waals surface area contributed by atoms with E-state index < -0.39 is 5.97 Å². The van der Waals surface area contributed by atoms with Crippen LogP contribution in [0.2, 0.25) is 0 Å². The predicted molar refractivity (Wildman–Crippen MR) is 83.2 cm³/mol. The van der Waals surface area contributed by atoms with Gasteiger partial charge in [0.1, 0.15) is 24.0 Å². The molecular formula is C18H15NO3. The molecule has 0 bridgehead atoms. The van der Waals surface area contributed by atoms with E-state index in [1.54, 1.807) is 30.3 Å². The first-order chi connectivity index (χ1) is 10.6. The summed E-state index contributed by atoms with van der Waals surface area (Å²) in [6.45, 7) is 2.45. The van der Waals surface area contributed by atoms with E-state index in [1.165, 1.54) is 11.6 Å². The lowest BCUT2D eigenvalue weighted by Crippen LogP contribution is -1.98. The van der Waals surface area contributed by atoms with Gasteiger partial charge in [-0.05, 0) is 36.3 Å². The van der Waals surface area contributed by atoms with E-state index in [4.69, 9.17) is 15.1 Å². The highest BCUT2D eigenvalue weighted by Crippen LogP contribution is 2.17. The van der Waals surface area contributed by atoms with Crippen molar-refractivity contribution in [3.63, 3.8) is 0 Å². The molecular weight excluding hydrogens is 278 g/mol. The predicted octanol–water partition coefficient (Wildman–Crippen LogP) is 3.57. The number of aryl methyl sites for hydroxylation is 1. The van der Waals surface area contributed by atoms with E-state index in [0.29, 0.717) is 17.9 Å². The molecule has 0 atom stereocenters. The Morgan fingerprint density at radius 2 is 2.00 bits per heavy atom. The smallest absolute Gasteiger partial charge is 0.346 e. The van der Waals surface area contributed by atoms with Crippen LogP contribution in [0.4, 0.5) is 0 Å². The van der Waals surface area contributed by atoms with E-state index in [1.807, 2.05) is 31.2 Å². The molecule has 110 valence electrons. The van der Waals surface area contributed by atoms with E-state index >= 15 is 0 Å². The van der Waals surface area contributed by atoms with Gasteiger partial charge in [-0.2, -0.15) is 5.26 Å². The van der Waals surface area contributed by atoms with E-state index in [-0.39, 0.29) is 5.57 Å². The third-order valence-corrected chi connectivity index (χ3v) is 3.05. The Balaban J connectivity index is 2.10. The molecule has 0 spiro atoms. The Morgan fingerprint density at radius 3 is 2.64 bits per heavy atom. The van der Waals surface area contributed by atoms with Crippen molar-refractivity contribution in [1.82, 2.24) is 0 Å². The Bertz CT molecular complexity index is 740. The minimum absolute atomic E-state index is 0.310. The van der Waals surface area contributed by atoms with Crippen LogP contribution in [-0.4, -0.2) is 11.1 Å². The average Bonchev–Trinajstić information content (AvgIpc) is 2.52. The molecule has 0 radical (unpaired) electrons. The second-order valence-electron chi connectivity index (χ2n) is 4.82. The maximum Gasteiger partial charge on any atom is 0.346 e. The maximum absolute atomic E-state index is 10.8. The molecule has 4 nitrogen and oxygen atoms in total. The van der Waals surface area contributed by atoms with Gasteiger partial charge in [0, 0.05) is 0 Å². The fourth-order valence-corrected chi connectivity index (χ4v) is 1.85. The minimum atomic E-state index is -1.24. The van der Waals surface area contributed by atoms with Gasteiger partial charge in [-0.15, -0.1) is 0 Å². The zero-order valence-corrected chi connectivity index (χ0v) is 12.1. The number of carbonyl (C=O) groups is 1. The van der Waals surface area contributed by atoms with E-state index in [2.05, 4.69) is 0 Å². The molecule has 0 unspecified atom stereocenters. The van der Waals surface area contributed by atoms with Crippen LogP contribution in [0.5, 0.6) is 5.75 Å². The van der Waals surface area contributed by atoms with Crippen LogP contribution in [0, 0.1) is 18.3 Å². The molecule has 0 aliphatic heterocycles. The summed E-state index contributed by atoms with van der Waals surface area (Å²) in [7, 11) is 0. The van der Waals surface area contributed by atoms with Crippen molar-refractivity contribution in [2.75, 3.05) is 0 Å². The van der Waals surface area contributed by atoms with Gasteiger partial charge >= 0.3 is 5.97 Å². The molecule has 4 heteroatoms. The second kappa shape index (κ2) is 7.09. The summed E-state index contributed by atoms with van der Waals surface area (Å²) >= 11 is 0. The Hall–Kier alpha value is -3.06. The molecule has 22 heavy (non-hydrogen) atoms. The molecule has 2 aromatic rings. The van der Waals surface area contributed by atoms with Crippen molar-refractivity contribution in [1.29, 1.82) is 5.26 Å². The molecule has 0 saturated carbocycles. The van der Waals surface area contributed by atoms with Gasteiger partial charge in [0.2, 0.25) is 0 Å². The topological polar surface area (TPSA) is 70.3 Å². The Morgan fingerprint density at radius 1 is 1.27 bits per heavy atom. The van der Waals surface area contributed by atoms with Crippen molar-refractivity contribution >= 4 is 12.0 Å². The average molecular weight is 293 g/mol. The van der Waals surface area contributed by atoms with Gasteiger partial charge in [0.05, 0.1) is 0 Å². The van der Waals surface area contributed by atoms with Crippen LogP contribution in [-0.2, 0) is 11.4 Å². The largest absolute Gasteiger partial charge is 0.489 e. The molecule has 0 saturated heterocycles. The fraction of sp³-hybridized carbons (Fsp3) is 0.111. The lowest BCUT2D eigenvalue weighted by molar-refractivity contribution is -0.132. The molecule has 0 aliphatic carbocycles. The SMILES string of the molecule is Cc1ccc(COc2cccc(C=C(C#N)C(=O)O)c2)cc1. The van der Waals surface area contributed by atoms with Crippen LogP contribution >= 0.6 is 0 Å². The van der Waals surface area contributed by atoms with Crippen LogP contribution in [0.1, 0.15) is 16.7 Å². The standard InChI is InChI=1S/C18H15NO3/c1-13-5-7-14(8-6-13)12-22-17-4-2-3-15(10-17)9-16(11-19)18(20)21/h2-10H,12H2,1H3,(H,20,21). The molecule has 0 aromatic heterocycles. The van der Waals surface area contributed by atoms with E-state index in [9.17, 15) is 4.79 Å². The van der Waals surface area contributed by atoms with Crippen LogP contribution in [0.25, 0.3) is 6.08 Å². The number of aliphatic carboxylic acids is 1. The highest BCUT2D eigenvalue weighted by Gasteiger charge is 2.06. The second-order valence-corrected chi connectivity index (χ2v) is 4.82. The van der Waals surface area contributed by atoms with Crippen molar-refractivity contribution in [2.24, 2.45) is 0 Å². The van der Waals surface area contributed by atoms with Crippen molar-refractivity contribution in [3.05, 3.63) is 70.8 Å². The van der Waals surface area contributed by atoms with Gasteiger partial charge in [0.15, 0.2) is 0 Å². The molecule has 0 heterocycles. The summed E-state index contributed by atoms with van der Waals surface area (Å²) in [5.74, 6) is -0.620. The van der Waals surface area contributed by atoms with Gasteiger partial charge in [0.25, 0.3) is 0 Å². The third-order valence-electron chi connectivity index (χ3n) is 3.05. The van der Waals surface area contributed by atoms with Crippen LogP contribution < -0.4 is 4.74 Å². The summed E-state index contributed by atoms with van der Waals surface area (Å²) in [5, 5.41) is 17.6. The normalized spacial score (nSPS) is 10.8.